The maximum Gasteiger partial charge on any atom is 0.410 e. The number of aromatic nitrogens is 2. The van der Waals surface area contributed by atoms with Gasteiger partial charge in [0.2, 0.25) is 0 Å². The molecule has 4 rings (SSSR count). The molecule has 0 bridgehead atoms. The molecule has 0 saturated carbocycles. The van der Waals surface area contributed by atoms with Gasteiger partial charge in [0.25, 0.3) is 5.91 Å². The molecule has 2 aromatic heterocycles. The Bertz CT molecular complexity index is 792. The number of hydrogen-bond donors (Lipinski definition) is 1. The standard InChI is InChI=1S/C18H21F3N4O2/c19-18(20,21)15-10-12(14-6-5-9-27-14)22-16-11-13(23-25(15)16)17(26)24-7-3-1-2-4-8-24/h5-6,9,11-12,15,22H,1-4,7-8,10H2. The van der Waals surface area contributed by atoms with E-state index < -0.39 is 18.3 Å². The number of alkyl halides is 3. The second kappa shape index (κ2) is 6.94. The number of likely N-dealkylation sites (tertiary alicyclic amines) is 1. The van der Waals surface area contributed by atoms with Gasteiger partial charge < -0.3 is 14.6 Å². The summed E-state index contributed by atoms with van der Waals surface area (Å²) < 4.78 is 47.1. The lowest BCUT2D eigenvalue weighted by Gasteiger charge is -2.32. The zero-order valence-corrected chi connectivity index (χ0v) is 14.7. The van der Waals surface area contributed by atoms with Crippen LogP contribution in [0.4, 0.5) is 19.0 Å². The van der Waals surface area contributed by atoms with Crippen LogP contribution in [0.1, 0.15) is 60.4 Å². The van der Waals surface area contributed by atoms with Crippen LogP contribution in [0.25, 0.3) is 0 Å². The first kappa shape index (κ1) is 17.9. The Hall–Kier alpha value is -2.45. The van der Waals surface area contributed by atoms with Crippen LogP contribution in [0.15, 0.2) is 28.9 Å². The van der Waals surface area contributed by atoms with Crippen molar-refractivity contribution in [2.45, 2.75) is 50.4 Å². The molecule has 1 N–H and O–H groups in total. The number of halogens is 3. The summed E-state index contributed by atoms with van der Waals surface area (Å²) in [6.07, 6.45) is 0.643. The summed E-state index contributed by atoms with van der Waals surface area (Å²) >= 11 is 0. The summed E-state index contributed by atoms with van der Waals surface area (Å²) in [5.74, 6) is 0.302. The van der Waals surface area contributed by atoms with Crippen molar-refractivity contribution in [1.82, 2.24) is 14.7 Å². The van der Waals surface area contributed by atoms with Crippen LogP contribution < -0.4 is 5.32 Å². The minimum atomic E-state index is -4.48. The molecule has 2 atom stereocenters. The number of amides is 1. The molecule has 0 spiro atoms. The molecule has 146 valence electrons. The third kappa shape index (κ3) is 3.54. The Morgan fingerprint density at radius 2 is 1.96 bits per heavy atom. The summed E-state index contributed by atoms with van der Waals surface area (Å²) in [6, 6.07) is 2.26. The number of hydrogen-bond acceptors (Lipinski definition) is 4. The number of nitrogens with one attached hydrogen (secondary N) is 1. The molecule has 4 heterocycles. The van der Waals surface area contributed by atoms with Crippen molar-refractivity contribution >= 4 is 11.7 Å². The van der Waals surface area contributed by atoms with Gasteiger partial charge in [-0.05, 0) is 25.0 Å². The van der Waals surface area contributed by atoms with E-state index in [0.717, 1.165) is 30.4 Å². The Morgan fingerprint density at radius 1 is 1.22 bits per heavy atom. The molecule has 27 heavy (non-hydrogen) atoms. The third-order valence-electron chi connectivity index (χ3n) is 5.19. The highest BCUT2D eigenvalue weighted by molar-refractivity contribution is 5.93. The second-order valence-electron chi connectivity index (χ2n) is 7.07. The Kier molecular flexibility index (Phi) is 4.61. The molecule has 1 fully saturated rings. The quantitative estimate of drug-likeness (QED) is 0.848. The van der Waals surface area contributed by atoms with E-state index in [0.29, 0.717) is 18.8 Å². The van der Waals surface area contributed by atoms with Gasteiger partial charge in [0.1, 0.15) is 11.6 Å². The average Bonchev–Trinajstić information content (AvgIpc) is 3.23. The first-order chi connectivity index (χ1) is 12.9. The van der Waals surface area contributed by atoms with Crippen LogP contribution in [-0.4, -0.2) is 39.9 Å². The fourth-order valence-electron chi connectivity index (χ4n) is 3.79. The van der Waals surface area contributed by atoms with Crippen LogP contribution in [0.5, 0.6) is 0 Å². The van der Waals surface area contributed by atoms with Gasteiger partial charge in [-0.1, -0.05) is 12.8 Å². The van der Waals surface area contributed by atoms with E-state index in [2.05, 4.69) is 10.4 Å². The van der Waals surface area contributed by atoms with E-state index in [9.17, 15) is 18.0 Å². The number of carbonyl (C=O) groups is 1. The van der Waals surface area contributed by atoms with Gasteiger partial charge in [0, 0.05) is 25.6 Å². The Balaban J connectivity index is 1.64. The SMILES string of the molecule is O=C(c1cc2n(n1)C(C(F)(F)F)CC(c1ccco1)N2)N1CCCCCC1. The fourth-order valence-corrected chi connectivity index (χ4v) is 3.79. The monoisotopic (exact) mass is 382 g/mol. The molecule has 6 nitrogen and oxygen atoms in total. The number of nitrogens with zero attached hydrogens (tertiary/aromatic N) is 3. The molecule has 2 unspecified atom stereocenters. The Labute approximate surface area is 154 Å². The maximum absolute atomic E-state index is 13.6. The van der Waals surface area contributed by atoms with Gasteiger partial charge in [-0.15, -0.1) is 0 Å². The van der Waals surface area contributed by atoms with Gasteiger partial charge in [-0.25, -0.2) is 4.68 Å². The molecule has 0 aromatic carbocycles. The molecular weight excluding hydrogens is 361 g/mol. The summed E-state index contributed by atoms with van der Waals surface area (Å²) in [5.41, 5.74) is 0.0498. The lowest BCUT2D eigenvalue weighted by molar-refractivity contribution is -0.174. The van der Waals surface area contributed by atoms with Gasteiger partial charge in [-0.2, -0.15) is 18.3 Å². The predicted octanol–water partition coefficient (Wildman–Crippen LogP) is 4.15. The van der Waals surface area contributed by atoms with Crippen LogP contribution in [0.3, 0.4) is 0 Å². The minimum Gasteiger partial charge on any atom is -0.467 e. The van der Waals surface area contributed by atoms with E-state index in [1.54, 1.807) is 17.0 Å². The zero-order valence-electron chi connectivity index (χ0n) is 14.7. The van der Waals surface area contributed by atoms with Crippen molar-refractivity contribution in [3.05, 3.63) is 35.9 Å². The number of furan rings is 1. The first-order valence-electron chi connectivity index (χ1n) is 9.19. The minimum absolute atomic E-state index is 0.0498. The van der Waals surface area contributed by atoms with E-state index in [1.165, 1.54) is 12.3 Å². The van der Waals surface area contributed by atoms with Crippen molar-refractivity contribution in [3.63, 3.8) is 0 Å². The molecule has 9 heteroatoms. The lowest BCUT2D eigenvalue weighted by atomic mass is 10.0. The molecule has 1 amide bonds. The average molecular weight is 382 g/mol. The van der Waals surface area contributed by atoms with Crippen molar-refractivity contribution in [3.8, 4) is 0 Å². The molecular formula is C18H21F3N4O2. The summed E-state index contributed by atoms with van der Waals surface area (Å²) in [7, 11) is 0. The number of carbonyl (C=O) groups excluding carboxylic acids is 1. The van der Waals surface area contributed by atoms with Crippen LogP contribution in [-0.2, 0) is 0 Å². The lowest BCUT2D eigenvalue weighted by Crippen LogP contribution is -2.36. The van der Waals surface area contributed by atoms with Crippen molar-refractivity contribution < 1.29 is 22.4 Å². The number of rotatable bonds is 2. The van der Waals surface area contributed by atoms with E-state index in [-0.39, 0.29) is 23.8 Å². The molecule has 0 aliphatic carbocycles. The highest BCUT2D eigenvalue weighted by Crippen LogP contribution is 2.43. The van der Waals surface area contributed by atoms with E-state index >= 15 is 0 Å². The summed E-state index contributed by atoms with van der Waals surface area (Å²) in [6.45, 7) is 1.23. The highest BCUT2D eigenvalue weighted by Gasteiger charge is 2.47. The van der Waals surface area contributed by atoms with Gasteiger partial charge in [0.15, 0.2) is 11.7 Å². The van der Waals surface area contributed by atoms with Crippen molar-refractivity contribution in [1.29, 1.82) is 0 Å². The number of anilines is 1. The second-order valence-corrected chi connectivity index (χ2v) is 7.07. The molecule has 2 aliphatic rings. The number of fused-ring (bicyclic) bond motifs is 1. The zero-order chi connectivity index (χ0) is 19.0. The maximum atomic E-state index is 13.6. The largest absolute Gasteiger partial charge is 0.467 e. The normalized spacial score (nSPS) is 23.4. The third-order valence-corrected chi connectivity index (χ3v) is 5.19. The first-order valence-corrected chi connectivity index (χ1v) is 9.19. The van der Waals surface area contributed by atoms with Gasteiger partial charge >= 0.3 is 6.18 Å². The van der Waals surface area contributed by atoms with Crippen molar-refractivity contribution in [2.75, 3.05) is 18.4 Å². The molecule has 2 aliphatic heterocycles. The van der Waals surface area contributed by atoms with E-state index in [1.807, 2.05) is 0 Å². The van der Waals surface area contributed by atoms with Crippen LogP contribution in [0.2, 0.25) is 0 Å². The van der Waals surface area contributed by atoms with Gasteiger partial charge in [-0.3, -0.25) is 4.79 Å². The topological polar surface area (TPSA) is 63.3 Å². The summed E-state index contributed by atoms with van der Waals surface area (Å²) in [4.78, 5) is 14.4. The summed E-state index contributed by atoms with van der Waals surface area (Å²) in [5, 5.41) is 7.06. The fraction of sp³-hybridized carbons (Fsp3) is 0.556. The van der Waals surface area contributed by atoms with Crippen LogP contribution >= 0.6 is 0 Å². The smallest absolute Gasteiger partial charge is 0.410 e. The molecule has 2 aromatic rings. The predicted molar refractivity (Wildman–Crippen MR) is 91.4 cm³/mol. The highest BCUT2D eigenvalue weighted by atomic mass is 19.4. The molecule has 0 radical (unpaired) electrons. The van der Waals surface area contributed by atoms with Crippen LogP contribution in [0, 0.1) is 0 Å². The van der Waals surface area contributed by atoms with E-state index in [4.69, 9.17) is 4.42 Å². The van der Waals surface area contributed by atoms with Crippen molar-refractivity contribution in [2.24, 2.45) is 0 Å². The molecule has 1 saturated heterocycles. The Morgan fingerprint density at radius 3 is 2.59 bits per heavy atom. The van der Waals surface area contributed by atoms with Gasteiger partial charge in [0.05, 0.1) is 12.3 Å².